The van der Waals surface area contributed by atoms with Gasteiger partial charge in [0.2, 0.25) is 11.9 Å². The lowest BCUT2D eigenvalue weighted by Crippen LogP contribution is -2.27. The van der Waals surface area contributed by atoms with E-state index in [0.717, 1.165) is 0 Å². The molecule has 17 heavy (non-hydrogen) atoms. The number of nitrogens with two attached hydrogens (primary N) is 2. The smallest absolute Gasteiger partial charge is 0.283 e. The summed E-state index contributed by atoms with van der Waals surface area (Å²) in [6.07, 6.45) is 0.508. The molecule has 1 aliphatic heterocycles. The molecule has 2 aromatic rings. The Morgan fingerprint density at radius 2 is 2.18 bits per heavy atom. The Labute approximate surface area is 94.0 Å². The number of fused-ring (bicyclic) bond motifs is 2. The van der Waals surface area contributed by atoms with Gasteiger partial charge < -0.3 is 0 Å². The fraction of sp³-hybridized carbons (Fsp3) is 0.250. The van der Waals surface area contributed by atoms with Gasteiger partial charge in [0.15, 0.2) is 11.2 Å². The third-order valence-corrected chi connectivity index (χ3v) is 2.56. The molecule has 3 heterocycles. The van der Waals surface area contributed by atoms with Gasteiger partial charge in [-0.15, -0.1) is 0 Å². The second kappa shape index (κ2) is 3.12. The van der Waals surface area contributed by atoms with Gasteiger partial charge in [-0.3, -0.25) is 35.5 Å². The molecule has 0 aromatic carbocycles. The first kappa shape index (κ1) is 9.93. The van der Waals surface area contributed by atoms with Crippen LogP contribution in [-0.4, -0.2) is 25.0 Å². The number of nitrogens with one attached hydrogen (secondary N) is 1. The van der Waals surface area contributed by atoms with Crippen molar-refractivity contribution in [2.24, 2.45) is 11.5 Å². The maximum atomic E-state index is 12.0. The molecule has 0 radical (unpaired) electrons. The van der Waals surface area contributed by atoms with E-state index < -0.39 is 6.29 Å². The van der Waals surface area contributed by atoms with E-state index in [1.807, 2.05) is 0 Å². The number of imidazole rings is 1. The first-order valence-electron chi connectivity index (χ1n) is 4.86. The average molecular weight is 235 g/mol. The molecule has 0 spiro atoms. The normalized spacial score (nSPS) is 14.4. The number of aromatic nitrogens is 4. The summed E-state index contributed by atoms with van der Waals surface area (Å²) >= 11 is 0. The van der Waals surface area contributed by atoms with Crippen LogP contribution in [-0.2, 0) is 11.3 Å². The Bertz CT molecular complexity index is 683. The van der Waals surface area contributed by atoms with Gasteiger partial charge >= 0.3 is 0 Å². The highest BCUT2D eigenvalue weighted by Gasteiger charge is 2.23. The fourth-order valence-corrected chi connectivity index (χ4v) is 1.77. The van der Waals surface area contributed by atoms with Crippen molar-refractivity contribution in [3.63, 3.8) is 0 Å². The molecular formula is C8H9N7O2. The van der Waals surface area contributed by atoms with Crippen molar-refractivity contribution in [2.45, 2.75) is 12.8 Å². The molecule has 0 unspecified atom stereocenters. The van der Waals surface area contributed by atoms with Crippen molar-refractivity contribution >= 4 is 23.0 Å². The minimum Gasteiger partial charge on any atom is -0.299 e. The van der Waals surface area contributed by atoms with Crippen molar-refractivity contribution in [2.75, 3.05) is 5.32 Å². The van der Waals surface area contributed by atoms with E-state index >= 15 is 0 Å². The first-order chi connectivity index (χ1) is 8.08. The number of hydrogen-bond donors (Lipinski definition) is 3. The predicted octanol–water partition coefficient (Wildman–Crippen LogP) is -2.08. The summed E-state index contributed by atoms with van der Waals surface area (Å²) in [5.41, 5.74) is 11.0. The first-order valence-corrected chi connectivity index (χ1v) is 4.86. The Kier molecular flexibility index (Phi) is 1.82. The van der Waals surface area contributed by atoms with Crippen LogP contribution in [0, 0.1) is 0 Å². The zero-order valence-electron chi connectivity index (χ0n) is 8.62. The number of nitrogens with zero attached hydrogens (tertiary/aromatic N) is 4. The van der Waals surface area contributed by atoms with Gasteiger partial charge in [-0.05, 0) is 0 Å². The minimum atomic E-state index is -0.841. The number of amides is 1. The number of anilines is 1. The van der Waals surface area contributed by atoms with E-state index in [1.54, 1.807) is 0 Å². The molecule has 0 fully saturated rings. The molecule has 9 nitrogen and oxygen atoms in total. The summed E-state index contributed by atoms with van der Waals surface area (Å²) in [6, 6.07) is 0. The highest BCUT2D eigenvalue weighted by atomic mass is 16.2. The monoisotopic (exact) mass is 235 g/mol. The maximum absolute atomic E-state index is 12.0. The van der Waals surface area contributed by atoms with Gasteiger partial charge in [-0.1, -0.05) is 0 Å². The van der Waals surface area contributed by atoms with Crippen LogP contribution in [0.5, 0.6) is 0 Å². The lowest BCUT2D eigenvalue weighted by atomic mass is 10.5. The molecular weight excluding hydrogens is 226 g/mol. The molecule has 0 atom stereocenters. The van der Waals surface area contributed by atoms with Crippen molar-refractivity contribution in [3.8, 4) is 0 Å². The van der Waals surface area contributed by atoms with E-state index in [0.29, 0.717) is 0 Å². The molecule has 9 heteroatoms. The molecule has 1 aliphatic rings. The predicted molar refractivity (Wildman–Crippen MR) is 57.8 cm³/mol. The zero-order valence-corrected chi connectivity index (χ0v) is 8.62. The standard InChI is InChI=1S/C8H9N7O2/c9-7(10)15-2-11-4-5(15)13-8-12-3(16)1-14(8)6(4)17/h2,7H,1,9-10H2,(H,12,13,16). The third-order valence-electron chi connectivity index (χ3n) is 2.56. The molecule has 5 N–H and O–H groups in total. The van der Waals surface area contributed by atoms with Crippen molar-refractivity contribution in [1.29, 1.82) is 0 Å². The van der Waals surface area contributed by atoms with Gasteiger partial charge in [0, 0.05) is 0 Å². The summed E-state index contributed by atoms with van der Waals surface area (Å²) in [5.74, 6) is -0.0965. The average Bonchev–Trinajstić information content (AvgIpc) is 2.81. The number of hydrogen-bond acceptors (Lipinski definition) is 6. The van der Waals surface area contributed by atoms with Crippen molar-refractivity contribution in [3.05, 3.63) is 16.7 Å². The number of rotatable bonds is 1. The fourth-order valence-electron chi connectivity index (χ4n) is 1.77. The summed E-state index contributed by atoms with van der Waals surface area (Å²) in [6.45, 7) is -0.0430. The molecule has 2 aromatic heterocycles. The van der Waals surface area contributed by atoms with Gasteiger partial charge in [0.25, 0.3) is 5.56 Å². The van der Waals surface area contributed by atoms with E-state index in [4.69, 9.17) is 11.5 Å². The lowest BCUT2D eigenvalue weighted by molar-refractivity contribution is -0.115. The van der Waals surface area contributed by atoms with Crippen LogP contribution in [0.1, 0.15) is 6.29 Å². The topological polar surface area (TPSA) is 134 Å². The van der Waals surface area contributed by atoms with E-state index in [2.05, 4.69) is 15.3 Å². The Balaban J connectivity index is 2.37. The minimum absolute atomic E-state index is 0.0430. The molecule has 1 amide bonds. The third kappa shape index (κ3) is 1.26. The van der Waals surface area contributed by atoms with Crippen LogP contribution in [0.3, 0.4) is 0 Å². The Hall–Kier alpha value is -2.26. The van der Waals surface area contributed by atoms with Crippen LogP contribution in [0.2, 0.25) is 0 Å². The quantitative estimate of drug-likeness (QED) is 0.485. The summed E-state index contributed by atoms with van der Waals surface area (Å²) in [4.78, 5) is 31.2. The number of carbonyl (C=O) groups is 1. The Morgan fingerprint density at radius 3 is 2.88 bits per heavy atom. The zero-order chi connectivity index (χ0) is 12.2. The van der Waals surface area contributed by atoms with E-state index in [1.165, 1.54) is 15.5 Å². The summed E-state index contributed by atoms with van der Waals surface area (Å²) < 4.78 is 2.59. The van der Waals surface area contributed by atoms with Crippen LogP contribution >= 0.6 is 0 Å². The lowest BCUT2D eigenvalue weighted by Gasteiger charge is -2.07. The van der Waals surface area contributed by atoms with Crippen LogP contribution in [0.15, 0.2) is 11.1 Å². The molecule has 88 valence electrons. The van der Waals surface area contributed by atoms with Gasteiger partial charge in [0.05, 0.1) is 6.33 Å². The van der Waals surface area contributed by atoms with E-state index in [9.17, 15) is 9.59 Å². The van der Waals surface area contributed by atoms with Gasteiger partial charge in [0.1, 0.15) is 12.8 Å². The SMILES string of the molecule is NC(N)n1cnc2c(=O)n3c(nc21)NC(=O)C3. The Morgan fingerprint density at radius 1 is 1.41 bits per heavy atom. The molecule has 0 saturated carbocycles. The summed E-state index contributed by atoms with van der Waals surface area (Å²) in [5, 5.41) is 2.48. The van der Waals surface area contributed by atoms with Crippen LogP contribution < -0.4 is 22.3 Å². The molecule has 3 rings (SSSR count). The summed E-state index contributed by atoms with van der Waals surface area (Å²) in [7, 11) is 0. The molecule has 0 saturated heterocycles. The second-order valence-corrected chi connectivity index (χ2v) is 3.69. The van der Waals surface area contributed by atoms with Crippen LogP contribution in [0.4, 0.5) is 5.95 Å². The van der Waals surface area contributed by atoms with Crippen molar-refractivity contribution in [1.82, 2.24) is 19.1 Å². The van der Waals surface area contributed by atoms with Crippen molar-refractivity contribution < 1.29 is 4.79 Å². The van der Waals surface area contributed by atoms with Gasteiger partial charge in [-0.25, -0.2) is 4.98 Å². The maximum Gasteiger partial charge on any atom is 0.283 e. The van der Waals surface area contributed by atoms with Crippen LogP contribution in [0.25, 0.3) is 11.2 Å². The van der Waals surface area contributed by atoms with Gasteiger partial charge in [-0.2, -0.15) is 4.98 Å². The highest BCUT2D eigenvalue weighted by molar-refractivity contribution is 5.93. The second-order valence-electron chi connectivity index (χ2n) is 3.69. The largest absolute Gasteiger partial charge is 0.299 e. The molecule has 0 aliphatic carbocycles. The molecule has 0 bridgehead atoms. The highest BCUT2D eigenvalue weighted by Crippen LogP contribution is 2.14. The van der Waals surface area contributed by atoms with E-state index in [-0.39, 0.29) is 35.1 Å². The number of carbonyl (C=O) groups excluding carboxylic acids is 1.